The molecule has 0 unspecified atom stereocenters. The molecule has 0 saturated heterocycles. The zero-order valence-electron chi connectivity index (χ0n) is 14.2. The van der Waals surface area contributed by atoms with Crippen molar-refractivity contribution in [1.29, 1.82) is 0 Å². The first-order chi connectivity index (χ1) is 11.6. The largest absolute Gasteiger partial charge is 0.375 e. The molecule has 1 fully saturated rings. The Morgan fingerprint density at radius 1 is 0.917 bits per heavy atom. The third kappa shape index (κ3) is 3.25. The van der Waals surface area contributed by atoms with Gasteiger partial charge in [-0.25, -0.2) is 0 Å². The van der Waals surface area contributed by atoms with Gasteiger partial charge in [-0.3, -0.25) is 9.59 Å². The Balaban J connectivity index is 1.87. The Hall–Kier alpha value is -1.68. The van der Waals surface area contributed by atoms with Crippen LogP contribution in [-0.2, 0) is 15.2 Å². The van der Waals surface area contributed by atoms with Crippen LogP contribution in [0.2, 0.25) is 0 Å². The van der Waals surface area contributed by atoms with Gasteiger partial charge in [0.25, 0.3) is 5.91 Å². The summed E-state index contributed by atoms with van der Waals surface area (Å²) in [6, 6.07) is 7.18. The molecule has 4 heteroatoms. The lowest BCUT2D eigenvalue weighted by Crippen LogP contribution is -2.45. The maximum atomic E-state index is 12.8. The van der Waals surface area contributed by atoms with E-state index in [1.807, 2.05) is 12.1 Å². The number of hydrogen-bond acceptors (Lipinski definition) is 3. The van der Waals surface area contributed by atoms with Gasteiger partial charge >= 0.3 is 0 Å². The topological polar surface area (TPSA) is 66.4 Å². The molecule has 1 aromatic carbocycles. The molecular weight excluding hydrogens is 302 g/mol. The smallest absolute Gasteiger partial charge is 0.261 e. The van der Waals surface area contributed by atoms with Crippen LogP contribution in [0.3, 0.4) is 0 Å². The quantitative estimate of drug-likeness (QED) is 0.820. The fraction of sp³-hybridized carbons (Fsp3) is 0.600. The molecule has 1 heterocycles. The van der Waals surface area contributed by atoms with Gasteiger partial charge in [-0.2, -0.15) is 0 Å². The minimum absolute atomic E-state index is 0.0323. The highest BCUT2D eigenvalue weighted by atomic mass is 16.3. The molecule has 3 rings (SSSR count). The predicted molar refractivity (Wildman–Crippen MR) is 93.6 cm³/mol. The Bertz CT molecular complexity index is 613. The van der Waals surface area contributed by atoms with Crippen molar-refractivity contribution in [2.75, 3.05) is 5.32 Å². The van der Waals surface area contributed by atoms with E-state index in [9.17, 15) is 14.7 Å². The van der Waals surface area contributed by atoms with E-state index in [1.54, 1.807) is 12.1 Å². The van der Waals surface area contributed by atoms with Gasteiger partial charge in [0.15, 0.2) is 5.60 Å². The third-order valence-electron chi connectivity index (χ3n) is 5.49. The van der Waals surface area contributed by atoms with Crippen LogP contribution in [0.25, 0.3) is 0 Å². The molecule has 1 amide bonds. The highest BCUT2D eigenvalue weighted by molar-refractivity contribution is 6.07. The summed E-state index contributed by atoms with van der Waals surface area (Å²) in [7, 11) is 0. The van der Waals surface area contributed by atoms with Crippen LogP contribution in [0.15, 0.2) is 24.3 Å². The van der Waals surface area contributed by atoms with Crippen LogP contribution in [-0.4, -0.2) is 16.8 Å². The number of carbonyl (C=O) groups is 2. The van der Waals surface area contributed by atoms with Crippen molar-refractivity contribution < 1.29 is 14.7 Å². The molecule has 2 atom stereocenters. The summed E-state index contributed by atoms with van der Waals surface area (Å²) in [4.78, 5) is 25.4. The van der Waals surface area contributed by atoms with E-state index in [4.69, 9.17) is 0 Å². The normalized spacial score (nSPS) is 29.3. The van der Waals surface area contributed by atoms with E-state index < -0.39 is 17.4 Å². The van der Waals surface area contributed by atoms with Crippen molar-refractivity contribution in [3.8, 4) is 0 Å². The molecule has 1 aliphatic heterocycles. The van der Waals surface area contributed by atoms with Crippen LogP contribution in [0.5, 0.6) is 0 Å². The molecule has 0 bridgehead atoms. The Labute approximate surface area is 143 Å². The van der Waals surface area contributed by atoms with Crippen molar-refractivity contribution in [2.45, 2.75) is 69.8 Å². The predicted octanol–water partition coefficient (Wildman–Crippen LogP) is 3.93. The summed E-state index contributed by atoms with van der Waals surface area (Å²) in [6.07, 6.45) is 9.72. The van der Waals surface area contributed by atoms with Gasteiger partial charge < -0.3 is 10.4 Å². The van der Waals surface area contributed by atoms with E-state index in [0.29, 0.717) is 24.1 Å². The Kier molecular flexibility index (Phi) is 5.34. The molecular formula is C20H27NO3. The van der Waals surface area contributed by atoms with E-state index in [2.05, 4.69) is 5.32 Å². The second-order valence-electron chi connectivity index (χ2n) is 7.15. The van der Waals surface area contributed by atoms with Crippen LogP contribution < -0.4 is 5.32 Å². The summed E-state index contributed by atoms with van der Waals surface area (Å²) in [5.74, 6) is -1.06. The van der Waals surface area contributed by atoms with Crippen LogP contribution in [0, 0.1) is 5.92 Å². The summed E-state index contributed by atoms with van der Waals surface area (Å²) in [6.45, 7) is 0. The first-order valence-electron chi connectivity index (χ1n) is 9.30. The molecule has 0 radical (unpaired) electrons. The van der Waals surface area contributed by atoms with Gasteiger partial charge in [-0.05, 0) is 18.9 Å². The number of rotatable bonds is 1. The average molecular weight is 329 g/mol. The Morgan fingerprint density at radius 2 is 1.54 bits per heavy atom. The van der Waals surface area contributed by atoms with Crippen LogP contribution >= 0.6 is 0 Å². The number of benzene rings is 1. The molecule has 0 spiro atoms. The van der Waals surface area contributed by atoms with Gasteiger partial charge in [0.05, 0.1) is 5.92 Å². The molecule has 4 nitrogen and oxygen atoms in total. The van der Waals surface area contributed by atoms with Gasteiger partial charge in [-0.15, -0.1) is 0 Å². The van der Waals surface area contributed by atoms with E-state index >= 15 is 0 Å². The molecule has 24 heavy (non-hydrogen) atoms. The number of ketones is 1. The lowest BCUT2D eigenvalue weighted by molar-refractivity contribution is -0.149. The molecule has 2 aliphatic rings. The fourth-order valence-electron chi connectivity index (χ4n) is 4.10. The first kappa shape index (κ1) is 17.2. The van der Waals surface area contributed by atoms with Crippen molar-refractivity contribution in [1.82, 2.24) is 0 Å². The number of para-hydroxylation sites is 1. The van der Waals surface area contributed by atoms with E-state index in [0.717, 1.165) is 25.7 Å². The van der Waals surface area contributed by atoms with Crippen molar-refractivity contribution in [2.24, 2.45) is 5.92 Å². The maximum absolute atomic E-state index is 12.8. The highest BCUT2D eigenvalue weighted by Crippen LogP contribution is 2.43. The fourth-order valence-corrected chi connectivity index (χ4v) is 4.10. The SMILES string of the molecule is O=C1CCCCCCCCCC[C@H]1[C@]1(O)C(=O)Nc2ccccc21. The first-order valence-corrected chi connectivity index (χ1v) is 9.30. The lowest BCUT2D eigenvalue weighted by atomic mass is 9.75. The van der Waals surface area contributed by atoms with E-state index in [1.165, 1.54) is 25.7 Å². The molecule has 1 aliphatic carbocycles. The number of carbonyl (C=O) groups excluding carboxylic acids is 2. The number of Topliss-reactive ketones (excluding diaryl/α,β-unsaturated/α-hetero) is 1. The number of aliphatic hydroxyl groups is 1. The monoisotopic (exact) mass is 329 g/mol. The van der Waals surface area contributed by atoms with Crippen molar-refractivity contribution in [3.05, 3.63) is 29.8 Å². The van der Waals surface area contributed by atoms with Crippen LogP contribution in [0.4, 0.5) is 5.69 Å². The van der Waals surface area contributed by atoms with Gasteiger partial charge in [0.1, 0.15) is 5.78 Å². The van der Waals surface area contributed by atoms with Gasteiger partial charge in [0, 0.05) is 17.7 Å². The molecule has 0 aromatic heterocycles. The third-order valence-corrected chi connectivity index (χ3v) is 5.49. The molecule has 130 valence electrons. The zero-order valence-corrected chi connectivity index (χ0v) is 14.2. The highest BCUT2D eigenvalue weighted by Gasteiger charge is 2.52. The second kappa shape index (κ2) is 7.47. The Morgan fingerprint density at radius 3 is 2.29 bits per heavy atom. The number of anilines is 1. The van der Waals surface area contributed by atoms with Crippen molar-refractivity contribution >= 4 is 17.4 Å². The minimum atomic E-state index is -1.71. The number of nitrogens with one attached hydrogen (secondary N) is 1. The second-order valence-corrected chi connectivity index (χ2v) is 7.15. The standard InChI is InChI=1S/C20H27NO3/c22-18-14-8-6-4-2-1-3-5-7-12-16(18)20(24)15-11-9-10-13-17(15)21-19(20)23/h9-11,13,16,24H,1-8,12,14H2,(H,21,23)/t16-,20+/m1/s1. The summed E-state index contributed by atoms with van der Waals surface area (Å²) >= 11 is 0. The van der Waals surface area contributed by atoms with Crippen LogP contribution in [0.1, 0.15) is 69.8 Å². The summed E-state index contributed by atoms with van der Waals surface area (Å²) in [5, 5.41) is 14.0. The van der Waals surface area contributed by atoms with E-state index in [-0.39, 0.29) is 5.78 Å². The van der Waals surface area contributed by atoms with Crippen molar-refractivity contribution in [3.63, 3.8) is 0 Å². The summed E-state index contributed by atoms with van der Waals surface area (Å²) < 4.78 is 0. The molecule has 2 N–H and O–H groups in total. The minimum Gasteiger partial charge on any atom is -0.375 e. The van der Waals surface area contributed by atoms with Gasteiger partial charge in [0.2, 0.25) is 0 Å². The van der Waals surface area contributed by atoms with Gasteiger partial charge in [-0.1, -0.05) is 63.1 Å². The summed E-state index contributed by atoms with van der Waals surface area (Å²) in [5.41, 5.74) is -0.526. The number of hydrogen-bond donors (Lipinski definition) is 2. The number of fused-ring (bicyclic) bond motifs is 1. The molecule has 1 saturated carbocycles. The zero-order chi connectivity index (χ0) is 17.0. The number of amides is 1. The lowest BCUT2D eigenvalue weighted by Gasteiger charge is -2.30. The maximum Gasteiger partial charge on any atom is 0.261 e. The average Bonchev–Trinajstić information content (AvgIpc) is 2.83. The molecule has 1 aromatic rings.